The van der Waals surface area contributed by atoms with Gasteiger partial charge in [0.1, 0.15) is 0 Å². The highest BCUT2D eigenvalue weighted by Gasteiger charge is 2.25. The smallest absolute Gasteiger partial charge is 0.0510 e. The Kier molecular flexibility index (Phi) is 5.83. The monoisotopic (exact) mass is 262 g/mol. The van der Waals surface area contributed by atoms with Crippen LogP contribution in [-0.2, 0) is 11.3 Å². The van der Waals surface area contributed by atoms with E-state index in [-0.39, 0.29) is 0 Å². The Labute approximate surface area is 116 Å². The van der Waals surface area contributed by atoms with Crippen molar-refractivity contribution in [1.82, 2.24) is 10.2 Å². The highest BCUT2D eigenvalue weighted by atomic mass is 16.5. The van der Waals surface area contributed by atoms with Crippen LogP contribution in [0.2, 0.25) is 0 Å². The molecule has 1 fully saturated rings. The fourth-order valence-electron chi connectivity index (χ4n) is 2.81. The van der Waals surface area contributed by atoms with Gasteiger partial charge in [-0.25, -0.2) is 0 Å². The second-order valence-corrected chi connectivity index (χ2v) is 5.47. The molecule has 106 valence electrons. The molecule has 1 aliphatic rings. The van der Waals surface area contributed by atoms with Crippen molar-refractivity contribution >= 4 is 0 Å². The molecule has 1 aromatic carbocycles. The van der Waals surface area contributed by atoms with E-state index in [1.54, 1.807) is 0 Å². The third-order valence-electron chi connectivity index (χ3n) is 3.80. The predicted molar refractivity (Wildman–Crippen MR) is 79.2 cm³/mol. The molecule has 2 unspecified atom stereocenters. The summed E-state index contributed by atoms with van der Waals surface area (Å²) in [7, 11) is 2.20. The van der Waals surface area contributed by atoms with Crippen LogP contribution >= 0.6 is 0 Å². The number of benzene rings is 1. The average molecular weight is 262 g/mol. The molecule has 1 saturated heterocycles. The minimum atomic E-state index is 0.543. The Morgan fingerprint density at radius 3 is 2.79 bits per heavy atom. The first-order chi connectivity index (χ1) is 9.29. The summed E-state index contributed by atoms with van der Waals surface area (Å²) in [5.74, 6) is 0.665. The van der Waals surface area contributed by atoms with E-state index in [1.807, 2.05) is 0 Å². The number of likely N-dealkylation sites (N-methyl/N-ethyl adjacent to an activating group) is 2. The van der Waals surface area contributed by atoms with E-state index >= 15 is 0 Å². The van der Waals surface area contributed by atoms with Gasteiger partial charge in [0.2, 0.25) is 0 Å². The fourth-order valence-corrected chi connectivity index (χ4v) is 2.81. The van der Waals surface area contributed by atoms with Crippen LogP contribution in [0.5, 0.6) is 0 Å². The van der Waals surface area contributed by atoms with Crippen molar-refractivity contribution in [3.05, 3.63) is 35.9 Å². The molecule has 2 atom stereocenters. The molecule has 0 bridgehead atoms. The van der Waals surface area contributed by atoms with E-state index in [9.17, 15) is 0 Å². The van der Waals surface area contributed by atoms with E-state index in [2.05, 4.69) is 54.5 Å². The number of rotatable bonds is 7. The molecule has 0 aliphatic carbocycles. The van der Waals surface area contributed by atoms with Gasteiger partial charge >= 0.3 is 0 Å². The molecular weight excluding hydrogens is 236 g/mol. The van der Waals surface area contributed by atoms with Crippen molar-refractivity contribution in [2.45, 2.75) is 25.9 Å². The Morgan fingerprint density at radius 1 is 1.37 bits per heavy atom. The maximum Gasteiger partial charge on any atom is 0.0510 e. The van der Waals surface area contributed by atoms with E-state index in [1.165, 1.54) is 12.0 Å². The van der Waals surface area contributed by atoms with Crippen LogP contribution in [0.3, 0.4) is 0 Å². The molecule has 19 heavy (non-hydrogen) atoms. The zero-order chi connectivity index (χ0) is 13.5. The van der Waals surface area contributed by atoms with Gasteiger partial charge in [-0.3, -0.25) is 0 Å². The van der Waals surface area contributed by atoms with Gasteiger partial charge < -0.3 is 15.0 Å². The number of ether oxygens (including phenoxy) is 1. The second-order valence-electron chi connectivity index (χ2n) is 5.47. The van der Waals surface area contributed by atoms with Gasteiger partial charge in [0, 0.05) is 31.7 Å². The van der Waals surface area contributed by atoms with Crippen molar-refractivity contribution < 1.29 is 4.74 Å². The summed E-state index contributed by atoms with van der Waals surface area (Å²) in [5, 5.41) is 3.62. The molecule has 3 heteroatoms. The lowest BCUT2D eigenvalue weighted by Gasteiger charge is -2.28. The maximum atomic E-state index is 5.53. The summed E-state index contributed by atoms with van der Waals surface area (Å²) in [6.45, 7) is 7.14. The molecule has 1 heterocycles. The van der Waals surface area contributed by atoms with Gasteiger partial charge in [0.15, 0.2) is 0 Å². The van der Waals surface area contributed by atoms with Gasteiger partial charge in [-0.15, -0.1) is 0 Å². The fraction of sp³-hybridized carbons (Fsp3) is 0.625. The molecule has 0 saturated carbocycles. The third kappa shape index (κ3) is 4.60. The zero-order valence-corrected chi connectivity index (χ0v) is 12.1. The molecule has 0 amide bonds. The van der Waals surface area contributed by atoms with E-state index in [4.69, 9.17) is 4.74 Å². The van der Waals surface area contributed by atoms with Crippen LogP contribution in [-0.4, -0.2) is 44.3 Å². The number of nitrogens with zero attached hydrogens (tertiary/aromatic N) is 1. The summed E-state index contributed by atoms with van der Waals surface area (Å²) in [6.07, 6.45) is 1.19. The minimum absolute atomic E-state index is 0.543. The Hall–Kier alpha value is -0.900. The Bertz CT molecular complexity index is 349. The van der Waals surface area contributed by atoms with Crippen LogP contribution < -0.4 is 5.32 Å². The van der Waals surface area contributed by atoms with Crippen LogP contribution in [0.1, 0.15) is 18.9 Å². The third-order valence-corrected chi connectivity index (χ3v) is 3.80. The number of nitrogens with one attached hydrogen (secondary N) is 1. The number of hydrogen-bond acceptors (Lipinski definition) is 3. The molecule has 1 aliphatic heterocycles. The van der Waals surface area contributed by atoms with Crippen molar-refractivity contribution in [2.75, 3.05) is 33.4 Å². The first-order valence-corrected chi connectivity index (χ1v) is 7.33. The zero-order valence-electron chi connectivity index (χ0n) is 12.1. The summed E-state index contributed by atoms with van der Waals surface area (Å²) in [6, 6.07) is 11.2. The van der Waals surface area contributed by atoms with Crippen molar-refractivity contribution in [3.63, 3.8) is 0 Å². The molecule has 1 aromatic rings. The van der Waals surface area contributed by atoms with Crippen molar-refractivity contribution in [2.24, 2.45) is 5.92 Å². The second kappa shape index (κ2) is 7.63. The van der Waals surface area contributed by atoms with E-state index in [0.717, 1.165) is 32.8 Å². The van der Waals surface area contributed by atoms with E-state index in [0.29, 0.717) is 12.0 Å². The van der Waals surface area contributed by atoms with Crippen molar-refractivity contribution in [3.8, 4) is 0 Å². The van der Waals surface area contributed by atoms with Crippen LogP contribution in [0, 0.1) is 5.92 Å². The quantitative estimate of drug-likeness (QED) is 0.815. The van der Waals surface area contributed by atoms with Gasteiger partial charge in [-0.05, 0) is 25.6 Å². The summed E-state index contributed by atoms with van der Waals surface area (Å²) in [4.78, 5) is 2.40. The largest absolute Gasteiger partial charge is 0.381 e. The lowest BCUT2D eigenvalue weighted by Crippen LogP contribution is -2.44. The highest BCUT2D eigenvalue weighted by Crippen LogP contribution is 2.18. The molecule has 0 aromatic heterocycles. The van der Waals surface area contributed by atoms with Gasteiger partial charge in [-0.1, -0.05) is 37.3 Å². The van der Waals surface area contributed by atoms with Gasteiger partial charge in [0.05, 0.1) is 6.61 Å². The molecule has 0 spiro atoms. The predicted octanol–water partition coefficient (Wildman–Crippen LogP) is 2.13. The van der Waals surface area contributed by atoms with Gasteiger partial charge in [-0.2, -0.15) is 0 Å². The van der Waals surface area contributed by atoms with Crippen LogP contribution in [0.15, 0.2) is 30.3 Å². The molecule has 2 rings (SSSR count). The highest BCUT2D eigenvalue weighted by molar-refractivity contribution is 5.14. The SMILES string of the molecule is CCNC(CN(C)Cc1ccccc1)C1CCOC1. The lowest BCUT2D eigenvalue weighted by atomic mass is 9.98. The maximum absolute atomic E-state index is 5.53. The van der Waals surface area contributed by atoms with Crippen molar-refractivity contribution in [1.29, 1.82) is 0 Å². The normalized spacial score (nSPS) is 20.9. The van der Waals surface area contributed by atoms with Crippen LogP contribution in [0.25, 0.3) is 0 Å². The molecular formula is C16H26N2O. The minimum Gasteiger partial charge on any atom is -0.381 e. The Morgan fingerprint density at radius 2 is 2.16 bits per heavy atom. The van der Waals surface area contributed by atoms with Gasteiger partial charge in [0.25, 0.3) is 0 Å². The van der Waals surface area contributed by atoms with Crippen LogP contribution in [0.4, 0.5) is 0 Å². The van der Waals surface area contributed by atoms with E-state index < -0.39 is 0 Å². The average Bonchev–Trinajstić information content (AvgIpc) is 2.93. The topological polar surface area (TPSA) is 24.5 Å². The molecule has 3 nitrogen and oxygen atoms in total. The molecule has 0 radical (unpaired) electrons. The molecule has 1 N–H and O–H groups in total. The summed E-state index contributed by atoms with van der Waals surface area (Å²) in [5.41, 5.74) is 1.38. The first-order valence-electron chi connectivity index (χ1n) is 7.33. The lowest BCUT2D eigenvalue weighted by molar-refractivity contribution is 0.166. The standard InChI is InChI=1S/C16H26N2O/c1-3-17-16(15-9-10-19-13-15)12-18(2)11-14-7-5-4-6-8-14/h4-8,15-17H,3,9-13H2,1-2H3. The first kappa shape index (κ1) is 14.5. The Balaban J connectivity index is 1.85. The summed E-state index contributed by atoms with van der Waals surface area (Å²) >= 11 is 0. The number of hydrogen-bond donors (Lipinski definition) is 1. The summed E-state index contributed by atoms with van der Waals surface area (Å²) < 4.78 is 5.53.